The van der Waals surface area contributed by atoms with Gasteiger partial charge < -0.3 is 15.8 Å². The van der Waals surface area contributed by atoms with Crippen LogP contribution in [0.1, 0.15) is 29.7 Å². The third kappa shape index (κ3) is 2.97. The van der Waals surface area contributed by atoms with Crippen LogP contribution >= 0.6 is 12.2 Å². The Bertz CT molecular complexity index is 456. The Morgan fingerprint density at radius 2 is 2.33 bits per heavy atom. The van der Waals surface area contributed by atoms with Crippen molar-refractivity contribution in [3.63, 3.8) is 0 Å². The normalized spacial score (nSPS) is 19.6. The van der Waals surface area contributed by atoms with Crippen LogP contribution in [0.3, 0.4) is 0 Å². The average Bonchev–Trinajstić information content (AvgIpc) is 2.28. The van der Waals surface area contributed by atoms with E-state index in [1.165, 1.54) is 0 Å². The van der Waals surface area contributed by atoms with Gasteiger partial charge in [-0.1, -0.05) is 12.2 Å². The van der Waals surface area contributed by atoms with Gasteiger partial charge in [0.2, 0.25) is 0 Å². The van der Waals surface area contributed by atoms with Crippen LogP contribution in [0.15, 0.2) is 6.07 Å². The van der Waals surface area contributed by atoms with Gasteiger partial charge in [-0.2, -0.15) is 0 Å². The van der Waals surface area contributed by atoms with Gasteiger partial charge in [0.15, 0.2) is 0 Å². The summed E-state index contributed by atoms with van der Waals surface area (Å²) in [6, 6.07) is 2.29. The van der Waals surface area contributed by atoms with Gasteiger partial charge in [-0.05, 0) is 38.3 Å². The number of nitrogens with two attached hydrogens (primary N) is 1. The van der Waals surface area contributed by atoms with Crippen LogP contribution in [-0.2, 0) is 4.74 Å². The predicted molar refractivity (Wildman–Crippen MR) is 77.1 cm³/mol. The van der Waals surface area contributed by atoms with Crippen molar-refractivity contribution in [2.75, 3.05) is 18.5 Å². The molecule has 4 nitrogen and oxygen atoms in total. The Morgan fingerprint density at radius 3 is 2.94 bits per heavy atom. The second-order valence-corrected chi connectivity index (χ2v) is 5.17. The predicted octanol–water partition coefficient (Wildman–Crippen LogP) is 1.92. The summed E-state index contributed by atoms with van der Waals surface area (Å²) in [5.74, 6) is 0.788. The van der Waals surface area contributed by atoms with E-state index in [1.807, 2.05) is 19.9 Å². The Kier molecular flexibility index (Phi) is 4.14. The molecule has 1 aliphatic rings. The van der Waals surface area contributed by atoms with Crippen molar-refractivity contribution >= 4 is 23.0 Å². The van der Waals surface area contributed by atoms with Crippen molar-refractivity contribution in [2.24, 2.45) is 5.73 Å². The fourth-order valence-corrected chi connectivity index (χ4v) is 2.56. The summed E-state index contributed by atoms with van der Waals surface area (Å²) in [4.78, 5) is 4.90. The number of hydrogen-bond donors (Lipinski definition) is 2. The minimum Gasteiger partial charge on any atom is -0.389 e. The van der Waals surface area contributed by atoms with E-state index in [4.69, 9.17) is 22.7 Å². The average molecular weight is 265 g/mol. The first kappa shape index (κ1) is 13.2. The Hall–Kier alpha value is -1.20. The van der Waals surface area contributed by atoms with Crippen molar-refractivity contribution in [1.29, 1.82) is 0 Å². The second-order valence-electron chi connectivity index (χ2n) is 4.73. The summed E-state index contributed by atoms with van der Waals surface area (Å²) in [6.45, 7) is 5.54. The molecule has 0 aromatic carbocycles. The number of hydrogen-bond acceptors (Lipinski definition) is 4. The lowest BCUT2D eigenvalue weighted by atomic mass is 10.1. The molecule has 5 heteroatoms. The quantitative estimate of drug-likeness (QED) is 0.818. The molecule has 2 heterocycles. The monoisotopic (exact) mass is 265 g/mol. The topological polar surface area (TPSA) is 60.2 Å². The van der Waals surface area contributed by atoms with Crippen LogP contribution in [0.2, 0.25) is 0 Å². The summed E-state index contributed by atoms with van der Waals surface area (Å²) < 4.78 is 5.46. The van der Waals surface area contributed by atoms with E-state index in [2.05, 4.69) is 10.3 Å². The summed E-state index contributed by atoms with van der Waals surface area (Å²) in [5, 5.41) is 3.41. The SMILES string of the molecule is Cc1cc(C)c(C(N)=S)c(NC2CCCOC2)n1. The molecule has 1 aromatic heterocycles. The van der Waals surface area contributed by atoms with Gasteiger partial charge in [0.1, 0.15) is 10.8 Å². The molecule has 1 aromatic rings. The van der Waals surface area contributed by atoms with Gasteiger partial charge in [0, 0.05) is 12.3 Å². The number of nitrogens with one attached hydrogen (secondary N) is 1. The van der Waals surface area contributed by atoms with Gasteiger partial charge >= 0.3 is 0 Å². The van der Waals surface area contributed by atoms with Gasteiger partial charge in [-0.15, -0.1) is 0 Å². The zero-order valence-corrected chi connectivity index (χ0v) is 11.6. The highest BCUT2D eigenvalue weighted by Crippen LogP contribution is 2.21. The Labute approximate surface area is 113 Å². The van der Waals surface area contributed by atoms with Crippen molar-refractivity contribution in [3.8, 4) is 0 Å². The van der Waals surface area contributed by atoms with Crippen molar-refractivity contribution in [2.45, 2.75) is 32.7 Å². The standard InChI is InChI=1S/C13H19N3OS/c1-8-6-9(2)15-13(11(8)12(14)18)16-10-4-3-5-17-7-10/h6,10H,3-5,7H2,1-2H3,(H2,14,18)(H,15,16). The number of aryl methyl sites for hydroxylation is 2. The van der Waals surface area contributed by atoms with Crippen LogP contribution in [-0.4, -0.2) is 29.2 Å². The first-order chi connectivity index (χ1) is 8.58. The molecule has 3 N–H and O–H groups in total. The van der Waals surface area contributed by atoms with Gasteiger partial charge in [-0.25, -0.2) is 4.98 Å². The number of pyridine rings is 1. The maximum atomic E-state index is 5.79. The molecule has 1 fully saturated rings. The Morgan fingerprint density at radius 1 is 1.56 bits per heavy atom. The molecular weight excluding hydrogens is 246 g/mol. The fourth-order valence-electron chi connectivity index (χ4n) is 2.30. The molecule has 0 saturated carbocycles. The van der Waals surface area contributed by atoms with E-state index < -0.39 is 0 Å². The first-order valence-electron chi connectivity index (χ1n) is 6.20. The lowest BCUT2D eigenvalue weighted by Gasteiger charge is -2.25. The lowest BCUT2D eigenvalue weighted by molar-refractivity contribution is 0.0875. The molecule has 0 spiro atoms. The van der Waals surface area contributed by atoms with Crippen LogP contribution in [0.5, 0.6) is 0 Å². The molecule has 98 valence electrons. The van der Waals surface area contributed by atoms with Gasteiger partial charge in [0.25, 0.3) is 0 Å². The molecule has 1 atom stereocenters. The Balaban J connectivity index is 2.27. The number of rotatable bonds is 3. The van der Waals surface area contributed by atoms with Crippen molar-refractivity contribution in [1.82, 2.24) is 4.98 Å². The molecule has 0 aliphatic carbocycles. The largest absolute Gasteiger partial charge is 0.389 e. The van der Waals surface area contributed by atoms with E-state index in [1.54, 1.807) is 0 Å². The molecule has 0 amide bonds. The van der Waals surface area contributed by atoms with Crippen LogP contribution in [0, 0.1) is 13.8 Å². The maximum absolute atomic E-state index is 5.79. The zero-order valence-electron chi connectivity index (χ0n) is 10.8. The maximum Gasteiger partial charge on any atom is 0.137 e. The minimum absolute atomic E-state index is 0.292. The highest BCUT2D eigenvalue weighted by Gasteiger charge is 2.18. The van der Waals surface area contributed by atoms with Crippen molar-refractivity contribution < 1.29 is 4.74 Å². The second kappa shape index (κ2) is 5.63. The number of anilines is 1. The summed E-state index contributed by atoms with van der Waals surface area (Å²) in [7, 11) is 0. The van der Waals surface area contributed by atoms with E-state index >= 15 is 0 Å². The van der Waals surface area contributed by atoms with E-state index in [0.29, 0.717) is 17.6 Å². The molecule has 2 rings (SSSR count). The molecule has 1 saturated heterocycles. The smallest absolute Gasteiger partial charge is 0.137 e. The third-order valence-corrected chi connectivity index (χ3v) is 3.30. The fraction of sp³-hybridized carbons (Fsp3) is 0.538. The zero-order chi connectivity index (χ0) is 13.1. The molecule has 1 aliphatic heterocycles. The molecule has 0 radical (unpaired) electrons. The van der Waals surface area contributed by atoms with Crippen LogP contribution in [0.4, 0.5) is 5.82 Å². The van der Waals surface area contributed by atoms with Crippen LogP contribution < -0.4 is 11.1 Å². The molecule has 1 unspecified atom stereocenters. The number of nitrogens with zero attached hydrogens (tertiary/aromatic N) is 1. The summed E-state index contributed by atoms with van der Waals surface area (Å²) in [6.07, 6.45) is 2.16. The number of aromatic nitrogens is 1. The molecular formula is C13H19N3OS. The molecule has 0 bridgehead atoms. The van der Waals surface area contributed by atoms with Crippen LogP contribution in [0.25, 0.3) is 0 Å². The lowest BCUT2D eigenvalue weighted by Crippen LogP contribution is -2.31. The van der Waals surface area contributed by atoms with Gasteiger partial charge in [-0.3, -0.25) is 0 Å². The van der Waals surface area contributed by atoms with Gasteiger partial charge in [0.05, 0.1) is 18.2 Å². The number of ether oxygens (including phenoxy) is 1. The van der Waals surface area contributed by atoms with E-state index in [-0.39, 0.29) is 0 Å². The summed E-state index contributed by atoms with van der Waals surface area (Å²) in [5.41, 5.74) is 8.67. The molecule has 18 heavy (non-hydrogen) atoms. The third-order valence-electron chi connectivity index (χ3n) is 3.09. The van der Waals surface area contributed by atoms with Crippen molar-refractivity contribution in [3.05, 3.63) is 22.9 Å². The van der Waals surface area contributed by atoms with E-state index in [9.17, 15) is 0 Å². The minimum atomic E-state index is 0.292. The highest BCUT2D eigenvalue weighted by atomic mass is 32.1. The number of thiocarbonyl (C=S) groups is 1. The van der Waals surface area contributed by atoms with E-state index in [0.717, 1.165) is 42.1 Å². The summed E-state index contributed by atoms with van der Waals surface area (Å²) >= 11 is 5.11. The highest BCUT2D eigenvalue weighted by molar-refractivity contribution is 7.80. The first-order valence-corrected chi connectivity index (χ1v) is 6.61.